The summed E-state index contributed by atoms with van der Waals surface area (Å²) in [5.41, 5.74) is -2.36. The van der Waals surface area contributed by atoms with Crippen LogP contribution in [-0.2, 0) is 49.0 Å². The van der Waals surface area contributed by atoms with Crippen LogP contribution in [0.5, 0.6) is 5.88 Å². The van der Waals surface area contributed by atoms with Crippen molar-refractivity contribution in [2.75, 3.05) is 6.61 Å². The summed E-state index contributed by atoms with van der Waals surface area (Å²) in [4.78, 5) is 51.6. The molecule has 0 spiro atoms. The number of esters is 4. The van der Waals surface area contributed by atoms with E-state index in [0.29, 0.717) is 6.07 Å². The summed E-state index contributed by atoms with van der Waals surface area (Å²) in [6.45, 7) is 3.46. The first-order chi connectivity index (χ1) is 19.7. The van der Waals surface area contributed by atoms with Gasteiger partial charge in [0.15, 0.2) is 12.2 Å². The molecule has 1 aromatic carbocycles. The zero-order valence-corrected chi connectivity index (χ0v) is 22.7. The highest BCUT2D eigenvalue weighted by Crippen LogP contribution is 2.39. The third-order valence-corrected chi connectivity index (χ3v) is 5.65. The van der Waals surface area contributed by atoms with Crippen molar-refractivity contribution in [3.05, 3.63) is 47.5 Å². The molecule has 1 saturated heterocycles. The van der Waals surface area contributed by atoms with Gasteiger partial charge in [-0.05, 0) is 6.07 Å². The van der Waals surface area contributed by atoms with Gasteiger partial charge in [0.25, 0.3) is 0 Å². The summed E-state index contributed by atoms with van der Waals surface area (Å²) in [6.07, 6.45) is -13.3. The van der Waals surface area contributed by atoms with E-state index in [1.807, 2.05) is 0 Å². The minimum absolute atomic E-state index is 0.220. The molecule has 0 bridgehead atoms. The van der Waals surface area contributed by atoms with E-state index in [-0.39, 0.29) is 11.3 Å². The molecule has 3 rings (SSSR count). The van der Waals surface area contributed by atoms with Gasteiger partial charge in [-0.1, -0.05) is 30.3 Å². The van der Waals surface area contributed by atoms with Crippen LogP contribution in [0, 0.1) is 11.3 Å². The quantitative estimate of drug-likeness (QED) is 0.325. The Kier molecular flexibility index (Phi) is 10.1. The van der Waals surface area contributed by atoms with Gasteiger partial charge in [-0.3, -0.25) is 19.2 Å². The fraction of sp³-hybridized carbons (Fsp3) is 0.407. The number of nitriles is 1. The van der Waals surface area contributed by atoms with E-state index in [1.54, 1.807) is 18.2 Å². The van der Waals surface area contributed by atoms with E-state index in [2.05, 4.69) is 4.98 Å². The Morgan fingerprint density at radius 2 is 1.48 bits per heavy atom. The second kappa shape index (κ2) is 13.3. The molecule has 1 aliphatic rings. The third kappa shape index (κ3) is 7.94. The standard InChI is InChI=1S/C27H25F3N2O10/c1-13(33)37-12-21-22(38-14(2)34)23(39-15(3)35)24(40-16(4)36)26(41-21)42-25-18(11-31)19(27(28,29)30)10-20(32-25)17-8-6-5-7-9-17/h5-10,21-24,26H,12H2,1-4H3/t21-,22-,23+,24-,26+/m1/s1. The van der Waals surface area contributed by atoms with Gasteiger partial charge in [-0.25, -0.2) is 4.98 Å². The number of aromatic nitrogens is 1. The Labute approximate surface area is 237 Å². The van der Waals surface area contributed by atoms with Crippen LogP contribution in [0.15, 0.2) is 36.4 Å². The number of benzene rings is 1. The van der Waals surface area contributed by atoms with Crippen LogP contribution in [-0.4, -0.2) is 66.2 Å². The molecule has 2 heterocycles. The number of rotatable bonds is 8. The number of carbonyl (C=O) groups excluding carboxylic acids is 4. The Hall–Kier alpha value is -4.71. The summed E-state index contributed by atoms with van der Waals surface area (Å²) < 4.78 is 74.4. The number of hydrogen-bond donors (Lipinski definition) is 0. The first-order valence-electron chi connectivity index (χ1n) is 12.3. The number of ether oxygens (including phenoxy) is 6. The van der Waals surface area contributed by atoms with Crippen LogP contribution < -0.4 is 4.74 Å². The summed E-state index contributed by atoms with van der Waals surface area (Å²) in [5.74, 6) is -4.40. The van der Waals surface area contributed by atoms with Crippen molar-refractivity contribution in [3.8, 4) is 23.2 Å². The Morgan fingerprint density at radius 3 is 2.00 bits per heavy atom. The van der Waals surface area contributed by atoms with Gasteiger partial charge in [-0.2, -0.15) is 18.4 Å². The van der Waals surface area contributed by atoms with Crippen molar-refractivity contribution in [2.45, 2.75) is 64.6 Å². The molecule has 1 fully saturated rings. The highest BCUT2D eigenvalue weighted by molar-refractivity contribution is 5.69. The molecule has 0 saturated carbocycles. The van der Waals surface area contributed by atoms with Crippen molar-refractivity contribution >= 4 is 23.9 Å². The summed E-state index contributed by atoms with van der Waals surface area (Å²) in [6, 6.07) is 9.81. The Balaban J connectivity index is 2.19. The Bertz CT molecular complexity index is 1380. The first-order valence-corrected chi connectivity index (χ1v) is 12.3. The lowest BCUT2D eigenvalue weighted by molar-refractivity contribution is -0.289. The molecule has 0 N–H and O–H groups in total. The molecule has 1 aromatic heterocycles. The van der Waals surface area contributed by atoms with E-state index in [0.717, 1.165) is 27.7 Å². The lowest BCUT2D eigenvalue weighted by Crippen LogP contribution is -2.63. The SMILES string of the molecule is CC(=O)OC[C@H]1O[C@@H](Oc2nc(-c3ccccc3)cc(C(F)(F)F)c2C#N)[C@H](OC(C)=O)[C@@H](OC(C)=O)[C@@H]1OC(C)=O. The Morgan fingerprint density at radius 1 is 0.905 bits per heavy atom. The van der Waals surface area contributed by atoms with Crippen LogP contribution in [0.2, 0.25) is 0 Å². The second-order valence-electron chi connectivity index (χ2n) is 8.90. The molecule has 15 heteroatoms. The van der Waals surface area contributed by atoms with Gasteiger partial charge < -0.3 is 28.4 Å². The number of halogens is 3. The molecule has 0 amide bonds. The molecule has 0 unspecified atom stereocenters. The lowest BCUT2D eigenvalue weighted by atomic mass is 9.98. The van der Waals surface area contributed by atoms with Gasteiger partial charge in [-0.15, -0.1) is 0 Å². The van der Waals surface area contributed by atoms with E-state index >= 15 is 0 Å². The molecule has 42 heavy (non-hydrogen) atoms. The number of hydrogen-bond acceptors (Lipinski definition) is 12. The predicted octanol–water partition coefficient (Wildman–Crippen LogP) is 3.10. The van der Waals surface area contributed by atoms with Crippen molar-refractivity contribution in [3.63, 3.8) is 0 Å². The number of nitrogens with zero attached hydrogens (tertiary/aromatic N) is 2. The smallest absolute Gasteiger partial charge is 0.417 e. The minimum atomic E-state index is -5.02. The van der Waals surface area contributed by atoms with E-state index in [1.165, 1.54) is 18.2 Å². The van der Waals surface area contributed by atoms with Crippen molar-refractivity contribution < 1.29 is 60.8 Å². The summed E-state index contributed by atoms with van der Waals surface area (Å²) in [7, 11) is 0. The van der Waals surface area contributed by atoms with Crippen molar-refractivity contribution in [1.29, 1.82) is 5.26 Å². The van der Waals surface area contributed by atoms with E-state index in [9.17, 15) is 37.6 Å². The van der Waals surface area contributed by atoms with Gasteiger partial charge in [0.1, 0.15) is 24.3 Å². The molecule has 2 aromatic rings. The fourth-order valence-corrected chi connectivity index (χ4v) is 4.09. The maximum atomic E-state index is 14.1. The molecule has 5 atom stereocenters. The van der Waals surface area contributed by atoms with Crippen molar-refractivity contribution in [1.82, 2.24) is 4.98 Å². The maximum absolute atomic E-state index is 14.1. The molecular formula is C27H25F3N2O10. The van der Waals surface area contributed by atoms with Crippen LogP contribution >= 0.6 is 0 Å². The number of pyridine rings is 1. The molecular weight excluding hydrogens is 569 g/mol. The summed E-state index contributed by atoms with van der Waals surface area (Å²) >= 11 is 0. The normalized spacial score (nSPS) is 21.8. The summed E-state index contributed by atoms with van der Waals surface area (Å²) in [5, 5.41) is 9.69. The van der Waals surface area contributed by atoms with Gasteiger partial charge in [0, 0.05) is 33.3 Å². The predicted molar refractivity (Wildman–Crippen MR) is 132 cm³/mol. The lowest BCUT2D eigenvalue weighted by Gasteiger charge is -2.43. The number of alkyl halides is 3. The van der Waals surface area contributed by atoms with Crippen LogP contribution in [0.3, 0.4) is 0 Å². The highest BCUT2D eigenvalue weighted by atomic mass is 19.4. The first kappa shape index (κ1) is 31.8. The third-order valence-electron chi connectivity index (χ3n) is 5.65. The average molecular weight is 594 g/mol. The van der Waals surface area contributed by atoms with Crippen molar-refractivity contribution in [2.24, 2.45) is 0 Å². The topological polar surface area (TPSA) is 160 Å². The average Bonchev–Trinajstić information content (AvgIpc) is 2.89. The van der Waals surface area contributed by atoms with Crippen LogP contribution in [0.25, 0.3) is 11.3 Å². The number of carbonyl (C=O) groups is 4. The highest BCUT2D eigenvalue weighted by Gasteiger charge is 2.54. The van der Waals surface area contributed by atoms with E-state index < -0.39 is 84.4 Å². The van der Waals surface area contributed by atoms with Gasteiger partial charge in [0.05, 0.1) is 11.3 Å². The molecule has 0 radical (unpaired) electrons. The maximum Gasteiger partial charge on any atom is 0.417 e. The fourth-order valence-electron chi connectivity index (χ4n) is 4.09. The van der Waals surface area contributed by atoms with Gasteiger partial charge in [0.2, 0.25) is 18.3 Å². The van der Waals surface area contributed by atoms with Crippen LogP contribution in [0.4, 0.5) is 13.2 Å². The minimum Gasteiger partial charge on any atom is -0.463 e. The van der Waals surface area contributed by atoms with Crippen LogP contribution in [0.1, 0.15) is 38.8 Å². The zero-order chi connectivity index (χ0) is 31.2. The largest absolute Gasteiger partial charge is 0.463 e. The monoisotopic (exact) mass is 594 g/mol. The molecule has 1 aliphatic heterocycles. The molecule has 224 valence electrons. The zero-order valence-electron chi connectivity index (χ0n) is 22.7. The molecule has 12 nitrogen and oxygen atoms in total. The second-order valence-corrected chi connectivity index (χ2v) is 8.90. The molecule has 0 aliphatic carbocycles. The van der Waals surface area contributed by atoms with Gasteiger partial charge >= 0.3 is 30.1 Å². The van der Waals surface area contributed by atoms with E-state index in [4.69, 9.17) is 28.4 Å².